The SMILES string of the molecule is CCCc1nc(Cl)c(C)c(N(C)CC(F)(F)F)n1. The van der Waals surface area contributed by atoms with Crippen molar-refractivity contribution in [1.29, 1.82) is 0 Å². The molecule has 0 saturated heterocycles. The van der Waals surface area contributed by atoms with Gasteiger partial charge in [-0.15, -0.1) is 0 Å². The predicted octanol–water partition coefficient (Wildman–Crippen LogP) is 3.39. The van der Waals surface area contributed by atoms with Gasteiger partial charge in [0.1, 0.15) is 23.3 Å². The van der Waals surface area contributed by atoms with E-state index in [0.29, 0.717) is 17.8 Å². The van der Waals surface area contributed by atoms with Crippen molar-refractivity contribution in [2.75, 3.05) is 18.5 Å². The molecule has 3 nitrogen and oxygen atoms in total. The second-order valence-corrected chi connectivity index (χ2v) is 4.46. The van der Waals surface area contributed by atoms with E-state index in [1.54, 1.807) is 6.92 Å². The number of anilines is 1. The molecule has 0 saturated carbocycles. The first-order valence-electron chi connectivity index (χ1n) is 5.55. The highest BCUT2D eigenvalue weighted by molar-refractivity contribution is 6.30. The summed E-state index contributed by atoms with van der Waals surface area (Å²) in [6.07, 6.45) is -2.88. The Balaban J connectivity index is 3.06. The minimum atomic E-state index is -4.27. The molecular weight excluding hydrogens is 267 g/mol. The second-order valence-electron chi connectivity index (χ2n) is 4.10. The van der Waals surface area contributed by atoms with Gasteiger partial charge in [-0.05, 0) is 13.3 Å². The number of hydrogen-bond donors (Lipinski definition) is 0. The van der Waals surface area contributed by atoms with Crippen molar-refractivity contribution < 1.29 is 13.2 Å². The first kappa shape index (κ1) is 15.0. The molecule has 1 rings (SSSR count). The van der Waals surface area contributed by atoms with E-state index in [2.05, 4.69) is 9.97 Å². The van der Waals surface area contributed by atoms with Crippen LogP contribution in [0.4, 0.5) is 19.0 Å². The fourth-order valence-corrected chi connectivity index (χ4v) is 1.75. The molecule has 0 spiro atoms. The Labute approximate surface area is 109 Å². The van der Waals surface area contributed by atoms with Crippen LogP contribution in [0.3, 0.4) is 0 Å². The summed E-state index contributed by atoms with van der Waals surface area (Å²) in [5, 5.41) is 0.206. The van der Waals surface area contributed by atoms with Crippen LogP contribution in [0.25, 0.3) is 0 Å². The molecule has 18 heavy (non-hydrogen) atoms. The zero-order valence-corrected chi connectivity index (χ0v) is 11.2. The normalized spacial score (nSPS) is 11.7. The molecule has 0 aliphatic heterocycles. The molecule has 0 aliphatic rings. The maximum Gasteiger partial charge on any atom is 0.405 e. The minimum absolute atomic E-state index is 0.206. The van der Waals surface area contributed by atoms with Gasteiger partial charge in [0.15, 0.2) is 0 Å². The topological polar surface area (TPSA) is 29.0 Å². The van der Waals surface area contributed by atoms with Gasteiger partial charge >= 0.3 is 6.18 Å². The second kappa shape index (κ2) is 5.73. The summed E-state index contributed by atoms with van der Waals surface area (Å²) in [4.78, 5) is 9.23. The molecule has 102 valence electrons. The minimum Gasteiger partial charge on any atom is -0.350 e. The van der Waals surface area contributed by atoms with Crippen molar-refractivity contribution in [1.82, 2.24) is 9.97 Å². The summed E-state index contributed by atoms with van der Waals surface area (Å²) in [6, 6.07) is 0. The number of halogens is 4. The molecule has 1 aromatic heterocycles. The molecule has 0 amide bonds. The van der Waals surface area contributed by atoms with Gasteiger partial charge in [0.05, 0.1) is 0 Å². The standard InChI is InChI=1S/C11H15ClF3N3/c1-4-5-8-16-9(12)7(2)10(17-8)18(3)6-11(13,14)15/h4-6H2,1-3H3. The van der Waals surface area contributed by atoms with Crippen LogP contribution < -0.4 is 4.90 Å². The molecule has 0 N–H and O–H groups in total. The van der Waals surface area contributed by atoms with E-state index in [9.17, 15) is 13.2 Å². The fourth-order valence-electron chi connectivity index (χ4n) is 1.57. The lowest BCUT2D eigenvalue weighted by molar-refractivity contribution is -0.119. The average Bonchev–Trinajstić information content (AvgIpc) is 2.20. The lowest BCUT2D eigenvalue weighted by Crippen LogP contribution is -2.32. The zero-order valence-electron chi connectivity index (χ0n) is 10.5. The number of aryl methyl sites for hydroxylation is 1. The number of nitrogens with zero attached hydrogens (tertiary/aromatic N) is 3. The van der Waals surface area contributed by atoms with E-state index in [1.165, 1.54) is 7.05 Å². The van der Waals surface area contributed by atoms with Crippen molar-refractivity contribution in [3.05, 3.63) is 16.5 Å². The molecule has 0 unspecified atom stereocenters. The molecule has 0 atom stereocenters. The van der Waals surface area contributed by atoms with E-state index in [4.69, 9.17) is 11.6 Å². The molecule has 1 aromatic rings. The lowest BCUT2D eigenvalue weighted by atomic mass is 10.3. The summed E-state index contributed by atoms with van der Waals surface area (Å²) in [5.41, 5.74) is 0.461. The van der Waals surface area contributed by atoms with Gasteiger partial charge in [-0.2, -0.15) is 13.2 Å². The third kappa shape index (κ3) is 4.01. The largest absolute Gasteiger partial charge is 0.405 e. The maximum absolute atomic E-state index is 12.4. The summed E-state index contributed by atoms with van der Waals surface area (Å²) in [7, 11) is 1.34. The van der Waals surface area contributed by atoms with Crippen LogP contribution in [0.2, 0.25) is 5.15 Å². The highest BCUT2D eigenvalue weighted by Gasteiger charge is 2.30. The maximum atomic E-state index is 12.4. The molecule has 0 bridgehead atoms. The van der Waals surface area contributed by atoms with E-state index in [0.717, 1.165) is 11.3 Å². The first-order valence-corrected chi connectivity index (χ1v) is 5.93. The highest BCUT2D eigenvalue weighted by atomic mass is 35.5. The fraction of sp³-hybridized carbons (Fsp3) is 0.636. The van der Waals surface area contributed by atoms with Gasteiger partial charge in [0.2, 0.25) is 0 Å². The van der Waals surface area contributed by atoms with Crippen molar-refractivity contribution in [2.24, 2.45) is 0 Å². The van der Waals surface area contributed by atoms with Gasteiger partial charge in [-0.3, -0.25) is 0 Å². The van der Waals surface area contributed by atoms with Gasteiger partial charge in [0.25, 0.3) is 0 Å². The quantitative estimate of drug-likeness (QED) is 0.792. The smallest absolute Gasteiger partial charge is 0.350 e. The average molecular weight is 282 g/mol. The summed E-state index contributed by atoms with van der Waals surface area (Å²) >= 11 is 5.91. The summed E-state index contributed by atoms with van der Waals surface area (Å²) < 4.78 is 37.1. The van der Waals surface area contributed by atoms with E-state index < -0.39 is 12.7 Å². The lowest BCUT2D eigenvalue weighted by Gasteiger charge is -2.22. The zero-order chi connectivity index (χ0) is 13.9. The van der Waals surface area contributed by atoms with Crippen LogP contribution in [0.5, 0.6) is 0 Å². The summed E-state index contributed by atoms with van der Waals surface area (Å²) in [6.45, 7) is 2.49. The monoisotopic (exact) mass is 281 g/mol. The van der Waals surface area contributed by atoms with E-state index in [-0.39, 0.29) is 11.0 Å². The van der Waals surface area contributed by atoms with Crippen molar-refractivity contribution in [3.8, 4) is 0 Å². The Kier molecular flexibility index (Phi) is 4.78. The van der Waals surface area contributed by atoms with Crippen molar-refractivity contribution in [2.45, 2.75) is 32.9 Å². The summed E-state index contributed by atoms with van der Waals surface area (Å²) in [5.74, 6) is 0.702. The van der Waals surface area contributed by atoms with Crippen LogP contribution in [0.15, 0.2) is 0 Å². The van der Waals surface area contributed by atoms with E-state index >= 15 is 0 Å². The van der Waals surface area contributed by atoms with Crippen molar-refractivity contribution in [3.63, 3.8) is 0 Å². The Bertz CT molecular complexity index is 421. The third-order valence-electron chi connectivity index (χ3n) is 2.36. The Morgan fingerprint density at radius 2 is 1.89 bits per heavy atom. The molecule has 0 aliphatic carbocycles. The van der Waals surface area contributed by atoms with Gasteiger partial charge in [0, 0.05) is 19.0 Å². The Hall–Kier alpha value is -1.04. The van der Waals surface area contributed by atoms with Crippen LogP contribution in [-0.2, 0) is 6.42 Å². The Morgan fingerprint density at radius 1 is 1.28 bits per heavy atom. The van der Waals surface area contributed by atoms with Crippen LogP contribution in [0.1, 0.15) is 24.7 Å². The van der Waals surface area contributed by atoms with Crippen molar-refractivity contribution >= 4 is 17.4 Å². The predicted molar refractivity (Wildman–Crippen MR) is 65.1 cm³/mol. The molecule has 0 radical (unpaired) electrons. The first-order chi connectivity index (χ1) is 8.24. The molecule has 0 fully saturated rings. The Morgan fingerprint density at radius 3 is 2.39 bits per heavy atom. The van der Waals surface area contributed by atoms with Gasteiger partial charge in [-0.1, -0.05) is 18.5 Å². The van der Waals surface area contributed by atoms with Crippen LogP contribution in [-0.4, -0.2) is 29.7 Å². The third-order valence-corrected chi connectivity index (χ3v) is 2.73. The number of rotatable bonds is 4. The van der Waals surface area contributed by atoms with Gasteiger partial charge < -0.3 is 4.90 Å². The van der Waals surface area contributed by atoms with Crippen LogP contribution in [0, 0.1) is 6.92 Å². The van der Waals surface area contributed by atoms with E-state index in [1.807, 2.05) is 6.92 Å². The van der Waals surface area contributed by atoms with Gasteiger partial charge in [-0.25, -0.2) is 9.97 Å². The molecule has 7 heteroatoms. The molecule has 0 aromatic carbocycles. The number of alkyl halides is 3. The molecule has 1 heterocycles. The highest BCUT2D eigenvalue weighted by Crippen LogP contribution is 2.26. The number of aromatic nitrogens is 2. The van der Waals surface area contributed by atoms with Crippen LogP contribution >= 0.6 is 11.6 Å². The number of hydrogen-bond acceptors (Lipinski definition) is 3. The molecular formula is C11H15ClF3N3.